The molecule has 3 rings (SSSR count). The van der Waals surface area contributed by atoms with Gasteiger partial charge < -0.3 is 24.4 Å². The summed E-state index contributed by atoms with van der Waals surface area (Å²) in [6, 6.07) is 4.10. The Morgan fingerprint density at radius 1 is 1.39 bits per heavy atom. The summed E-state index contributed by atoms with van der Waals surface area (Å²) in [6.07, 6.45) is 1.51. The van der Waals surface area contributed by atoms with Gasteiger partial charge in [0.05, 0.1) is 23.1 Å². The molecule has 0 saturated carbocycles. The third kappa shape index (κ3) is 7.12. The van der Waals surface area contributed by atoms with Gasteiger partial charge in [0.25, 0.3) is 5.91 Å². The highest BCUT2D eigenvalue weighted by atomic mass is 79.9. The van der Waals surface area contributed by atoms with Crippen LogP contribution in [-0.4, -0.2) is 72.3 Å². The van der Waals surface area contributed by atoms with E-state index in [1.807, 2.05) is 13.8 Å². The number of thiocarbonyl (C=S) groups is 1. The molecule has 0 radical (unpaired) electrons. The number of amides is 2. The summed E-state index contributed by atoms with van der Waals surface area (Å²) in [7, 11) is 0. The third-order valence-corrected chi connectivity index (χ3v) is 6.14. The molecule has 2 heterocycles. The molecule has 9 nitrogen and oxygen atoms in total. The number of piperazine rings is 1. The first-order chi connectivity index (χ1) is 15.7. The van der Waals surface area contributed by atoms with Gasteiger partial charge in [0.2, 0.25) is 5.91 Å². The van der Waals surface area contributed by atoms with Crippen LogP contribution in [0.4, 0.5) is 0 Å². The average Bonchev–Trinajstić information content (AvgIpc) is 3.28. The summed E-state index contributed by atoms with van der Waals surface area (Å²) in [4.78, 5) is 39.1. The molecule has 2 aliphatic rings. The smallest absolute Gasteiger partial charge is 0.308 e. The number of hydrogen-bond acceptors (Lipinski definition) is 7. The zero-order valence-corrected chi connectivity index (χ0v) is 21.0. The fourth-order valence-electron chi connectivity index (χ4n) is 3.57. The van der Waals surface area contributed by atoms with Crippen LogP contribution in [0.3, 0.4) is 0 Å². The minimum Gasteiger partial charge on any atom is -0.490 e. The van der Waals surface area contributed by atoms with Crippen LogP contribution >= 0.6 is 28.1 Å². The summed E-state index contributed by atoms with van der Waals surface area (Å²) in [5.41, 5.74) is 0.370. The normalized spacial score (nSPS) is 20.4. The Kier molecular flexibility index (Phi) is 9.04. The summed E-state index contributed by atoms with van der Waals surface area (Å²) in [5, 5.41) is 5.46. The van der Waals surface area contributed by atoms with Crippen LogP contribution in [-0.2, 0) is 19.1 Å². The van der Waals surface area contributed by atoms with Gasteiger partial charge in [-0.25, -0.2) is 0 Å². The Labute approximate surface area is 206 Å². The summed E-state index contributed by atoms with van der Waals surface area (Å²) < 4.78 is 17.0. The van der Waals surface area contributed by atoms with E-state index in [0.717, 1.165) is 12.8 Å². The van der Waals surface area contributed by atoms with Crippen LogP contribution in [0.2, 0.25) is 0 Å². The average molecular weight is 542 g/mol. The number of rotatable bonds is 7. The van der Waals surface area contributed by atoms with Gasteiger partial charge in [-0.05, 0) is 73.0 Å². The molecule has 2 unspecified atom stereocenters. The van der Waals surface area contributed by atoms with Gasteiger partial charge in [-0.2, -0.15) is 0 Å². The Balaban J connectivity index is 1.60. The fraction of sp³-hybridized carbons (Fsp3) is 0.545. The maximum absolute atomic E-state index is 12.8. The number of carbonyl (C=O) groups is 3. The lowest BCUT2D eigenvalue weighted by Crippen LogP contribution is -2.60. The molecule has 1 aromatic rings. The van der Waals surface area contributed by atoms with Gasteiger partial charge in [0.1, 0.15) is 18.4 Å². The van der Waals surface area contributed by atoms with Crippen LogP contribution in [0.25, 0.3) is 0 Å². The van der Waals surface area contributed by atoms with E-state index in [-0.39, 0.29) is 36.3 Å². The molecule has 2 N–H and O–H groups in total. The molecule has 2 atom stereocenters. The van der Waals surface area contributed by atoms with Crippen LogP contribution in [0.5, 0.6) is 5.75 Å². The second kappa shape index (κ2) is 11.8. The van der Waals surface area contributed by atoms with E-state index in [1.54, 1.807) is 23.1 Å². The van der Waals surface area contributed by atoms with Crippen LogP contribution in [0, 0.1) is 0 Å². The van der Waals surface area contributed by atoms with E-state index in [9.17, 15) is 14.4 Å². The standard InChI is InChI=1S/C22H28BrN3O6S/c1-13(2)32-18-6-5-14(10-16(18)23)20(28)25-22(33)26-8-7-24-21(29)17(26)11-19(27)31-12-15-4-3-9-30-15/h5-6,10,13,15,17H,3-4,7-9,11-12H2,1-2H3,(H,24,29)(H,25,28,33). The van der Waals surface area contributed by atoms with E-state index in [2.05, 4.69) is 26.6 Å². The Morgan fingerprint density at radius 3 is 2.85 bits per heavy atom. The topological polar surface area (TPSA) is 106 Å². The summed E-state index contributed by atoms with van der Waals surface area (Å²) in [6.45, 7) is 5.37. The first-order valence-electron chi connectivity index (χ1n) is 10.9. The summed E-state index contributed by atoms with van der Waals surface area (Å²) >= 11 is 8.82. The van der Waals surface area contributed by atoms with Crippen molar-refractivity contribution in [2.45, 2.75) is 51.4 Å². The number of ether oxygens (including phenoxy) is 3. The number of hydrogen-bond donors (Lipinski definition) is 2. The maximum Gasteiger partial charge on any atom is 0.308 e. The first kappa shape index (κ1) is 25.4. The lowest BCUT2D eigenvalue weighted by molar-refractivity contribution is -0.150. The van der Waals surface area contributed by atoms with Gasteiger partial charge in [-0.3, -0.25) is 19.7 Å². The molecular weight excluding hydrogens is 514 g/mol. The molecule has 0 bridgehead atoms. The van der Waals surface area contributed by atoms with Crippen LogP contribution in [0.1, 0.15) is 43.5 Å². The van der Waals surface area contributed by atoms with E-state index in [4.69, 9.17) is 26.4 Å². The van der Waals surface area contributed by atoms with Gasteiger partial charge in [0, 0.05) is 25.3 Å². The number of benzene rings is 1. The molecule has 11 heteroatoms. The number of carbonyl (C=O) groups excluding carboxylic acids is 3. The number of nitrogens with one attached hydrogen (secondary N) is 2. The highest BCUT2D eigenvalue weighted by Gasteiger charge is 2.34. The van der Waals surface area contributed by atoms with Crippen molar-refractivity contribution in [1.82, 2.24) is 15.5 Å². The largest absolute Gasteiger partial charge is 0.490 e. The van der Waals surface area contributed by atoms with Crippen molar-refractivity contribution in [2.75, 3.05) is 26.3 Å². The first-order valence-corrected chi connectivity index (χ1v) is 12.1. The predicted octanol–water partition coefficient (Wildman–Crippen LogP) is 2.16. The zero-order valence-electron chi connectivity index (χ0n) is 18.6. The van der Waals surface area contributed by atoms with Gasteiger partial charge >= 0.3 is 5.97 Å². The number of nitrogens with zero attached hydrogens (tertiary/aromatic N) is 1. The van der Waals surface area contributed by atoms with Crippen molar-refractivity contribution in [3.63, 3.8) is 0 Å². The Hall–Kier alpha value is -2.24. The molecule has 0 aromatic heterocycles. The molecule has 0 aliphatic carbocycles. The van der Waals surface area contributed by atoms with Gasteiger partial charge in [0.15, 0.2) is 5.11 Å². The van der Waals surface area contributed by atoms with E-state index in [1.165, 1.54) is 0 Å². The Morgan fingerprint density at radius 2 is 2.18 bits per heavy atom. The van der Waals surface area contributed by atoms with Crippen molar-refractivity contribution in [3.05, 3.63) is 28.2 Å². The van der Waals surface area contributed by atoms with E-state index >= 15 is 0 Å². The molecule has 180 valence electrons. The Bertz CT molecular complexity index is 906. The maximum atomic E-state index is 12.8. The van der Waals surface area contributed by atoms with Crippen molar-refractivity contribution in [2.24, 2.45) is 0 Å². The van der Waals surface area contributed by atoms with Crippen molar-refractivity contribution in [3.8, 4) is 5.75 Å². The quantitative estimate of drug-likeness (QED) is 0.399. The predicted molar refractivity (Wildman–Crippen MR) is 128 cm³/mol. The number of halogens is 1. The van der Waals surface area contributed by atoms with E-state index < -0.39 is 17.9 Å². The highest BCUT2D eigenvalue weighted by Crippen LogP contribution is 2.27. The summed E-state index contributed by atoms with van der Waals surface area (Å²) in [5.74, 6) is -0.665. The van der Waals surface area contributed by atoms with Gasteiger partial charge in [-0.15, -0.1) is 0 Å². The molecule has 2 fully saturated rings. The molecule has 1 aromatic carbocycles. The SMILES string of the molecule is CC(C)Oc1ccc(C(=O)NC(=S)N2CCNC(=O)C2CC(=O)OCC2CCCO2)cc1Br. The van der Waals surface area contributed by atoms with E-state index in [0.29, 0.717) is 35.5 Å². The lowest BCUT2D eigenvalue weighted by atomic mass is 10.1. The molecule has 2 amide bonds. The van der Waals surface area contributed by atoms with Crippen LogP contribution < -0.4 is 15.4 Å². The van der Waals surface area contributed by atoms with Crippen molar-refractivity contribution >= 4 is 51.0 Å². The molecule has 33 heavy (non-hydrogen) atoms. The second-order valence-corrected chi connectivity index (χ2v) is 9.33. The third-order valence-electron chi connectivity index (χ3n) is 5.18. The monoisotopic (exact) mass is 541 g/mol. The minimum absolute atomic E-state index is 0.00637. The molecule has 2 saturated heterocycles. The second-order valence-electron chi connectivity index (χ2n) is 8.09. The minimum atomic E-state index is -0.864. The molecule has 2 aliphatic heterocycles. The van der Waals surface area contributed by atoms with Crippen molar-refractivity contribution < 1.29 is 28.6 Å². The number of esters is 1. The molecule has 0 spiro atoms. The fourth-order valence-corrected chi connectivity index (χ4v) is 4.36. The molecular formula is C22H28BrN3O6S. The lowest BCUT2D eigenvalue weighted by Gasteiger charge is -2.36. The van der Waals surface area contributed by atoms with Crippen LogP contribution in [0.15, 0.2) is 22.7 Å². The van der Waals surface area contributed by atoms with Gasteiger partial charge in [-0.1, -0.05) is 0 Å². The van der Waals surface area contributed by atoms with Crippen molar-refractivity contribution in [1.29, 1.82) is 0 Å². The zero-order chi connectivity index (χ0) is 24.0. The highest BCUT2D eigenvalue weighted by molar-refractivity contribution is 9.10.